The molecular formula is C16H22N4O4. The molecule has 1 aromatic carbocycles. The Hall–Kier alpha value is -2.74. The number of nitrogens with zero attached hydrogens (tertiary/aromatic N) is 2. The number of benzene rings is 1. The molecule has 1 heterocycles. The van der Waals surface area contributed by atoms with Crippen molar-refractivity contribution in [3.63, 3.8) is 0 Å². The number of rotatable bonds is 8. The molecule has 0 atom stereocenters. The largest absolute Gasteiger partial charge is 0.493 e. The molecule has 0 fully saturated rings. The summed E-state index contributed by atoms with van der Waals surface area (Å²) in [4.78, 5) is 8.44. The predicted octanol–water partition coefficient (Wildman–Crippen LogP) is 1.69. The Morgan fingerprint density at radius 2 is 1.71 bits per heavy atom. The molecule has 0 bridgehead atoms. The molecule has 0 spiro atoms. The Balaban J connectivity index is 2.27. The van der Waals surface area contributed by atoms with Crippen LogP contribution < -0.4 is 25.3 Å². The van der Waals surface area contributed by atoms with E-state index in [-0.39, 0.29) is 0 Å². The van der Waals surface area contributed by atoms with Crippen LogP contribution in [-0.4, -0.2) is 45.1 Å². The quantitative estimate of drug-likeness (QED) is 0.703. The molecule has 1 aromatic heterocycles. The summed E-state index contributed by atoms with van der Waals surface area (Å²) in [5, 5.41) is 2.90. The second kappa shape index (κ2) is 8.21. The van der Waals surface area contributed by atoms with E-state index in [0.29, 0.717) is 42.2 Å². The number of hydrogen-bond acceptors (Lipinski definition) is 8. The zero-order valence-corrected chi connectivity index (χ0v) is 14.3. The van der Waals surface area contributed by atoms with Gasteiger partial charge in [-0.3, -0.25) is 0 Å². The van der Waals surface area contributed by atoms with Gasteiger partial charge in [0, 0.05) is 25.3 Å². The highest BCUT2D eigenvalue weighted by Gasteiger charge is 2.14. The van der Waals surface area contributed by atoms with Gasteiger partial charge in [-0.1, -0.05) is 0 Å². The average molecular weight is 334 g/mol. The lowest BCUT2D eigenvalue weighted by Gasteiger charge is -2.14. The van der Waals surface area contributed by atoms with Crippen LogP contribution in [0.4, 0.5) is 11.8 Å². The molecule has 0 unspecified atom stereocenters. The number of nitrogens with one attached hydrogen (secondary N) is 1. The minimum atomic E-state index is 0.311. The minimum absolute atomic E-state index is 0.311. The van der Waals surface area contributed by atoms with Gasteiger partial charge < -0.3 is 30.0 Å². The van der Waals surface area contributed by atoms with Crippen LogP contribution in [0.3, 0.4) is 0 Å². The van der Waals surface area contributed by atoms with Gasteiger partial charge >= 0.3 is 0 Å². The smallest absolute Gasteiger partial charge is 0.226 e. The number of methoxy groups -OCH3 is 4. The van der Waals surface area contributed by atoms with E-state index in [0.717, 1.165) is 11.1 Å². The van der Waals surface area contributed by atoms with E-state index in [2.05, 4.69) is 15.3 Å². The first-order valence-corrected chi connectivity index (χ1v) is 7.26. The first-order valence-electron chi connectivity index (χ1n) is 7.26. The Morgan fingerprint density at radius 1 is 1.04 bits per heavy atom. The van der Waals surface area contributed by atoms with Gasteiger partial charge in [-0.05, 0) is 17.7 Å². The van der Waals surface area contributed by atoms with Crippen LogP contribution in [0.25, 0.3) is 0 Å². The molecule has 2 rings (SSSR count). The molecule has 0 aliphatic carbocycles. The predicted molar refractivity (Wildman–Crippen MR) is 90.8 cm³/mol. The van der Waals surface area contributed by atoms with Crippen LogP contribution in [0.2, 0.25) is 0 Å². The van der Waals surface area contributed by atoms with Crippen LogP contribution in [-0.2, 0) is 11.2 Å². The second-order valence-electron chi connectivity index (χ2n) is 4.92. The zero-order chi connectivity index (χ0) is 17.5. The summed E-state index contributed by atoms with van der Waals surface area (Å²) < 4.78 is 21.0. The lowest BCUT2D eigenvalue weighted by Crippen LogP contribution is -2.09. The monoisotopic (exact) mass is 334 g/mol. The van der Waals surface area contributed by atoms with Gasteiger partial charge in [0.2, 0.25) is 11.7 Å². The molecule has 0 radical (unpaired) electrons. The fraction of sp³-hybridized carbons (Fsp3) is 0.375. The molecule has 0 amide bonds. The fourth-order valence-electron chi connectivity index (χ4n) is 2.24. The van der Waals surface area contributed by atoms with Crippen molar-refractivity contribution < 1.29 is 18.9 Å². The van der Waals surface area contributed by atoms with Gasteiger partial charge in [-0.2, -0.15) is 4.98 Å². The van der Waals surface area contributed by atoms with E-state index in [1.165, 1.54) is 0 Å². The molecular weight excluding hydrogens is 312 g/mol. The van der Waals surface area contributed by atoms with Crippen molar-refractivity contribution in [1.29, 1.82) is 0 Å². The number of nitrogens with two attached hydrogens (primary N) is 1. The molecule has 2 aromatic rings. The van der Waals surface area contributed by atoms with E-state index in [4.69, 9.17) is 24.7 Å². The minimum Gasteiger partial charge on any atom is -0.493 e. The summed E-state index contributed by atoms with van der Waals surface area (Å²) >= 11 is 0. The average Bonchev–Trinajstić information content (AvgIpc) is 2.61. The maximum atomic E-state index is 6.02. The molecule has 130 valence electrons. The molecule has 8 heteroatoms. The van der Waals surface area contributed by atoms with Gasteiger partial charge in [0.25, 0.3) is 0 Å². The number of nitrogen functional groups attached to an aromatic ring is 1. The molecule has 0 saturated carbocycles. The third kappa shape index (κ3) is 3.96. The van der Waals surface area contributed by atoms with Crippen LogP contribution in [0, 0.1) is 0 Å². The Labute approximate surface area is 140 Å². The van der Waals surface area contributed by atoms with Gasteiger partial charge in [0.05, 0.1) is 21.3 Å². The van der Waals surface area contributed by atoms with E-state index >= 15 is 0 Å². The van der Waals surface area contributed by atoms with Gasteiger partial charge in [-0.15, -0.1) is 0 Å². The third-order valence-electron chi connectivity index (χ3n) is 3.39. The number of anilines is 2. The van der Waals surface area contributed by atoms with Crippen molar-refractivity contribution in [1.82, 2.24) is 9.97 Å². The first kappa shape index (κ1) is 17.6. The van der Waals surface area contributed by atoms with E-state index in [1.807, 2.05) is 12.1 Å². The number of ether oxygens (including phenoxy) is 4. The van der Waals surface area contributed by atoms with Crippen LogP contribution in [0.15, 0.2) is 18.3 Å². The van der Waals surface area contributed by atoms with E-state index in [1.54, 1.807) is 34.6 Å². The summed E-state index contributed by atoms with van der Waals surface area (Å²) in [6.07, 6.45) is 2.22. The Bertz CT molecular complexity index is 669. The second-order valence-corrected chi connectivity index (χ2v) is 4.92. The highest BCUT2D eigenvalue weighted by atomic mass is 16.5. The van der Waals surface area contributed by atoms with E-state index < -0.39 is 0 Å². The van der Waals surface area contributed by atoms with Gasteiger partial charge in [0.1, 0.15) is 12.5 Å². The van der Waals surface area contributed by atoms with Crippen molar-refractivity contribution in [3.05, 3.63) is 29.5 Å². The highest BCUT2D eigenvalue weighted by Crippen LogP contribution is 2.38. The Morgan fingerprint density at radius 3 is 2.21 bits per heavy atom. The normalized spacial score (nSPS) is 10.3. The standard InChI is InChI=1S/C16H22N4O4/c1-21-9-19-16-18-8-11(15(17)20-16)5-10-6-12(22-2)14(24-4)13(7-10)23-3/h6-8H,5,9H2,1-4H3,(H3,17,18,19,20). The van der Waals surface area contributed by atoms with Crippen LogP contribution in [0.1, 0.15) is 11.1 Å². The number of hydrogen-bond donors (Lipinski definition) is 2. The van der Waals surface area contributed by atoms with Gasteiger partial charge in [0.15, 0.2) is 11.5 Å². The first-order chi connectivity index (χ1) is 11.6. The SMILES string of the molecule is COCNc1ncc(Cc2cc(OC)c(OC)c(OC)c2)c(N)n1. The van der Waals surface area contributed by atoms with Crippen molar-refractivity contribution in [2.45, 2.75) is 6.42 Å². The lowest BCUT2D eigenvalue weighted by atomic mass is 10.1. The summed E-state index contributed by atoms with van der Waals surface area (Å²) in [5.41, 5.74) is 7.76. The maximum absolute atomic E-state index is 6.02. The van der Waals surface area contributed by atoms with Gasteiger partial charge in [-0.25, -0.2) is 4.98 Å². The number of aromatic nitrogens is 2. The van der Waals surface area contributed by atoms with Crippen LogP contribution in [0.5, 0.6) is 17.2 Å². The fourth-order valence-corrected chi connectivity index (χ4v) is 2.24. The van der Waals surface area contributed by atoms with Crippen molar-refractivity contribution in [2.24, 2.45) is 0 Å². The highest BCUT2D eigenvalue weighted by molar-refractivity contribution is 5.55. The van der Waals surface area contributed by atoms with Crippen LogP contribution >= 0.6 is 0 Å². The van der Waals surface area contributed by atoms with Crippen molar-refractivity contribution in [3.8, 4) is 17.2 Å². The zero-order valence-electron chi connectivity index (χ0n) is 14.3. The topological polar surface area (TPSA) is 101 Å². The summed E-state index contributed by atoms with van der Waals surface area (Å²) in [5.74, 6) is 2.54. The molecule has 0 aliphatic heterocycles. The summed E-state index contributed by atoms with van der Waals surface area (Å²) in [6.45, 7) is 0.311. The van der Waals surface area contributed by atoms with Crippen molar-refractivity contribution >= 4 is 11.8 Å². The molecule has 24 heavy (non-hydrogen) atoms. The molecule has 8 nitrogen and oxygen atoms in total. The molecule has 0 saturated heterocycles. The molecule has 3 N–H and O–H groups in total. The lowest BCUT2D eigenvalue weighted by molar-refractivity contribution is 0.220. The van der Waals surface area contributed by atoms with Crippen molar-refractivity contribution in [2.75, 3.05) is 46.2 Å². The summed E-state index contributed by atoms with van der Waals surface area (Å²) in [7, 11) is 6.30. The van der Waals surface area contributed by atoms with E-state index in [9.17, 15) is 0 Å². The molecule has 0 aliphatic rings. The Kier molecular flexibility index (Phi) is 6.02. The summed E-state index contributed by atoms with van der Waals surface area (Å²) in [6, 6.07) is 3.75. The maximum Gasteiger partial charge on any atom is 0.226 e. The third-order valence-corrected chi connectivity index (χ3v) is 3.39.